The van der Waals surface area contributed by atoms with E-state index in [-0.39, 0.29) is 0 Å². The molecule has 0 heterocycles. The van der Waals surface area contributed by atoms with Gasteiger partial charge in [0.05, 0.1) is 5.76 Å². The van der Waals surface area contributed by atoms with Crippen molar-refractivity contribution in [1.82, 2.24) is 0 Å². The van der Waals surface area contributed by atoms with Crippen LogP contribution >= 0.6 is 0 Å². The predicted molar refractivity (Wildman–Crippen MR) is 60.1 cm³/mol. The first-order valence-electron chi connectivity index (χ1n) is 5.26. The van der Waals surface area contributed by atoms with Gasteiger partial charge in [-0.05, 0) is 44.0 Å². The highest BCUT2D eigenvalue weighted by Crippen LogP contribution is 2.29. The van der Waals surface area contributed by atoms with Gasteiger partial charge in [0.15, 0.2) is 0 Å². The highest BCUT2D eigenvalue weighted by atomic mass is 28.4. The van der Waals surface area contributed by atoms with Crippen LogP contribution < -0.4 is 0 Å². The number of hydrogen-bond acceptors (Lipinski definition) is 1. The Labute approximate surface area is 83.3 Å². The summed E-state index contributed by atoms with van der Waals surface area (Å²) in [6, 6.07) is 0. The van der Waals surface area contributed by atoms with Crippen LogP contribution in [-0.2, 0) is 4.43 Å². The Balaban J connectivity index is 2.59. The quantitative estimate of drug-likeness (QED) is 0.613. The van der Waals surface area contributed by atoms with Crippen LogP contribution in [0, 0.1) is 11.8 Å². The SMILES string of the molecule is CC1C=C(O[Si](C)(C)C)CC(C)C1. The lowest BCUT2D eigenvalue weighted by molar-refractivity contribution is 0.318. The van der Waals surface area contributed by atoms with Gasteiger partial charge in [-0.3, -0.25) is 0 Å². The molecular formula is C11H22OSi. The number of allylic oxidation sites excluding steroid dienone is 2. The Hall–Kier alpha value is -0.243. The van der Waals surface area contributed by atoms with Gasteiger partial charge in [-0.15, -0.1) is 0 Å². The maximum absolute atomic E-state index is 6.02. The zero-order chi connectivity index (χ0) is 10.1. The Kier molecular flexibility index (Phi) is 3.22. The fourth-order valence-electron chi connectivity index (χ4n) is 1.98. The van der Waals surface area contributed by atoms with Gasteiger partial charge in [0.1, 0.15) is 0 Å². The second kappa shape index (κ2) is 3.87. The smallest absolute Gasteiger partial charge is 0.241 e. The monoisotopic (exact) mass is 198 g/mol. The van der Waals surface area contributed by atoms with Gasteiger partial charge in [0.2, 0.25) is 8.32 Å². The van der Waals surface area contributed by atoms with E-state index < -0.39 is 8.32 Å². The van der Waals surface area contributed by atoms with Gasteiger partial charge in [-0.25, -0.2) is 0 Å². The molecule has 1 aliphatic rings. The van der Waals surface area contributed by atoms with Crippen LogP contribution in [0.5, 0.6) is 0 Å². The van der Waals surface area contributed by atoms with Crippen molar-refractivity contribution in [1.29, 1.82) is 0 Å². The molecule has 0 radical (unpaired) electrons. The maximum Gasteiger partial charge on any atom is 0.241 e. The second-order valence-electron chi connectivity index (χ2n) is 5.37. The maximum atomic E-state index is 6.02. The fraction of sp³-hybridized carbons (Fsp3) is 0.818. The molecule has 0 saturated heterocycles. The van der Waals surface area contributed by atoms with Crippen LogP contribution in [0.1, 0.15) is 26.7 Å². The highest BCUT2D eigenvalue weighted by molar-refractivity contribution is 6.70. The van der Waals surface area contributed by atoms with Gasteiger partial charge in [-0.1, -0.05) is 13.8 Å². The zero-order valence-corrected chi connectivity index (χ0v) is 10.6. The van der Waals surface area contributed by atoms with Crippen LogP contribution in [0.15, 0.2) is 11.8 Å². The van der Waals surface area contributed by atoms with Crippen LogP contribution in [-0.4, -0.2) is 8.32 Å². The van der Waals surface area contributed by atoms with E-state index in [0.717, 1.165) is 12.3 Å². The molecule has 0 amide bonds. The third-order valence-corrected chi connectivity index (χ3v) is 3.11. The molecule has 2 atom stereocenters. The summed E-state index contributed by atoms with van der Waals surface area (Å²) in [6.07, 6.45) is 4.78. The molecule has 0 spiro atoms. The predicted octanol–water partition coefficient (Wildman–Crippen LogP) is 3.79. The summed E-state index contributed by atoms with van der Waals surface area (Å²) in [5, 5.41) is 0. The normalized spacial score (nSPS) is 29.8. The molecule has 0 aromatic heterocycles. The lowest BCUT2D eigenvalue weighted by Gasteiger charge is -2.29. The molecule has 2 heteroatoms. The summed E-state index contributed by atoms with van der Waals surface area (Å²) in [6.45, 7) is 11.3. The minimum atomic E-state index is -1.37. The molecule has 2 unspecified atom stereocenters. The molecule has 1 aliphatic carbocycles. The second-order valence-corrected chi connectivity index (χ2v) is 9.80. The van der Waals surface area contributed by atoms with E-state index in [1.807, 2.05) is 0 Å². The van der Waals surface area contributed by atoms with Crippen LogP contribution in [0.25, 0.3) is 0 Å². The first-order chi connectivity index (χ1) is 5.87. The van der Waals surface area contributed by atoms with Gasteiger partial charge in [0.25, 0.3) is 0 Å². The lowest BCUT2D eigenvalue weighted by Crippen LogP contribution is -2.27. The summed E-state index contributed by atoms with van der Waals surface area (Å²) in [5.41, 5.74) is 0. The molecule has 1 nitrogen and oxygen atoms in total. The van der Waals surface area contributed by atoms with Crippen LogP contribution in [0.3, 0.4) is 0 Å². The topological polar surface area (TPSA) is 9.23 Å². The standard InChI is InChI=1S/C11H22OSi/c1-9-6-10(2)8-11(7-9)12-13(3,4)5/h7,9-10H,6,8H2,1-5H3. The van der Waals surface area contributed by atoms with Crippen molar-refractivity contribution < 1.29 is 4.43 Å². The van der Waals surface area contributed by atoms with Crippen molar-refractivity contribution in [2.75, 3.05) is 0 Å². The van der Waals surface area contributed by atoms with Crippen molar-refractivity contribution in [2.24, 2.45) is 11.8 Å². The average Bonchev–Trinajstić information content (AvgIpc) is 1.78. The Morgan fingerprint density at radius 2 is 1.92 bits per heavy atom. The molecule has 0 aromatic rings. The third-order valence-electron chi connectivity index (χ3n) is 2.23. The first-order valence-corrected chi connectivity index (χ1v) is 8.67. The van der Waals surface area contributed by atoms with Crippen molar-refractivity contribution in [3.63, 3.8) is 0 Å². The minimum absolute atomic E-state index is 0.704. The Morgan fingerprint density at radius 3 is 2.38 bits per heavy atom. The van der Waals surface area contributed by atoms with Crippen molar-refractivity contribution in [2.45, 2.75) is 46.3 Å². The molecule has 76 valence electrons. The molecular weight excluding hydrogens is 176 g/mol. The first kappa shape index (κ1) is 10.8. The van der Waals surface area contributed by atoms with Gasteiger partial charge >= 0.3 is 0 Å². The number of rotatable bonds is 2. The molecule has 0 aliphatic heterocycles. The van der Waals surface area contributed by atoms with E-state index in [9.17, 15) is 0 Å². The van der Waals surface area contributed by atoms with Crippen molar-refractivity contribution in [3.05, 3.63) is 11.8 Å². The molecule has 0 fully saturated rings. The lowest BCUT2D eigenvalue weighted by atomic mass is 9.88. The highest BCUT2D eigenvalue weighted by Gasteiger charge is 2.22. The summed E-state index contributed by atoms with van der Waals surface area (Å²) < 4.78 is 6.02. The number of hydrogen-bond donors (Lipinski definition) is 0. The van der Waals surface area contributed by atoms with Gasteiger partial charge in [-0.2, -0.15) is 0 Å². The summed E-state index contributed by atoms with van der Waals surface area (Å²) in [7, 11) is -1.37. The molecule has 13 heavy (non-hydrogen) atoms. The minimum Gasteiger partial charge on any atom is -0.548 e. The summed E-state index contributed by atoms with van der Waals surface area (Å²) >= 11 is 0. The fourth-order valence-corrected chi connectivity index (χ4v) is 2.92. The summed E-state index contributed by atoms with van der Waals surface area (Å²) in [4.78, 5) is 0. The Morgan fingerprint density at radius 1 is 1.31 bits per heavy atom. The third kappa shape index (κ3) is 3.99. The molecule has 0 aromatic carbocycles. The van der Waals surface area contributed by atoms with Crippen molar-refractivity contribution >= 4 is 8.32 Å². The zero-order valence-electron chi connectivity index (χ0n) is 9.55. The molecule has 1 rings (SSSR count). The largest absolute Gasteiger partial charge is 0.548 e. The molecule has 0 N–H and O–H groups in total. The van der Waals surface area contributed by atoms with Crippen LogP contribution in [0.2, 0.25) is 19.6 Å². The Bertz CT molecular complexity index is 203. The van der Waals surface area contributed by atoms with Gasteiger partial charge < -0.3 is 4.43 Å². The van der Waals surface area contributed by atoms with E-state index in [2.05, 4.69) is 39.6 Å². The molecule has 0 saturated carbocycles. The van der Waals surface area contributed by atoms with E-state index >= 15 is 0 Å². The van der Waals surface area contributed by atoms with Crippen LogP contribution in [0.4, 0.5) is 0 Å². The van der Waals surface area contributed by atoms with Gasteiger partial charge in [0, 0.05) is 6.42 Å². The summed E-state index contributed by atoms with van der Waals surface area (Å²) in [5.74, 6) is 2.76. The average molecular weight is 198 g/mol. The van der Waals surface area contributed by atoms with E-state index in [4.69, 9.17) is 4.43 Å². The molecule has 0 bridgehead atoms. The van der Waals surface area contributed by atoms with Crippen molar-refractivity contribution in [3.8, 4) is 0 Å². The van der Waals surface area contributed by atoms with E-state index in [0.29, 0.717) is 5.92 Å². The van der Waals surface area contributed by atoms with E-state index in [1.165, 1.54) is 12.2 Å². The van der Waals surface area contributed by atoms with E-state index in [1.54, 1.807) is 0 Å².